The Bertz CT molecular complexity index is 342. The van der Waals surface area contributed by atoms with Crippen molar-refractivity contribution in [3.05, 3.63) is 18.1 Å². The lowest BCUT2D eigenvalue weighted by atomic mass is 10.2. The van der Waals surface area contributed by atoms with Crippen molar-refractivity contribution < 1.29 is 4.74 Å². The van der Waals surface area contributed by atoms with Crippen LogP contribution in [0.3, 0.4) is 0 Å². The number of rotatable bonds is 9. The minimum atomic E-state index is 0.434. The average Bonchev–Trinajstić information content (AvgIpc) is 2.46. The second-order valence-corrected chi connectivity index (χ2v) is 4.59. The van der Waals surface area contributed by atoms with E-state index in [-0.39, 0.29) is 0 Å². The van der Waals surface area contributed by atoms with Crippen molar-refractivity contribution in [2.24, 2.45) is 0 Å². The van der Waals surface area contributed by atoms with E-state index in [9.17, 15) is 0 Å². The Hall–Kier alpha value is -1.20. The second-order valence-electron chi connectivity index (χ2n) is 4.59. The third-order valence-electron chi connectivity index (χ3n) is 3.20. The molecule has 0 saturated carbocycles. The van der Waals surface area contributed by atoms with Gasteiger partial charge in [-0.2, -0.15) is 0 Å². The molecule has 0 aliphatic carbocycles. The van der Waals surface area contributed by atoms with Crippen LogP contribution < -0.4 is 10.2 Å². The number of nitrogens with zero attached hydrogens (tertiary/aromatic N) is 3. The van der Waals surface area contributed by atoms with Crippen LogP contribution in [0.1, 0.15) is 32.9 Å². The Morgan fingerprint density at radius 1 is 1.32 bits per heavy atom. The van der Waals surface area contributed by atoms with Crippen LogP contribution in [-0.4, -0.2) is 42.8 Å². The van der Waals surface area contributed by atoms with E-state index in [0.29, 0.717) is 12.6 Å². The summed E-state index contributed by atoms with van der Waals surface area (Å²) in [6.45, 7) is 9.71. The van der Waals surface area contributed by atoms with Gasteiger partial charge in [0.1, 0.15) is 5.82 Å². The Balaban J connectivity index is 2.72. The van der Waals surface area contributed by atoms with Crippen LogP contribution in [0.4, 0.5) is 5.82 Å². The highest BCUT2D eigenvalue weighted by molar-refractivity contribution is 5.37. The van der Waals surface area contributed by atoms with E-state index in [1.54, 1.807) is 7.11 Å². The maximum Gasteiger partial charge on any atom is 0.147 e. The third kappa shape index (κ3) is 5.12. The first-order valence-corrected chi connectivity index (χ1v) is 7.00. The van der Waals surface area contributed by atoms with Crippen molar-refractivity contribution in [3.63, 3.8) is 0 Å². The molecule has 5 nitrogen and oxygen atoms in total. The molecular weight excluding hydrogens is 240 g/mol. The fourth-order valence-electron chi connectivity index (χ4n) is 1.81. The largest absolute Gasteiger partial charge is 0.383 e. The summed E-state index contributed by atoms with van der Waals surface area (Å²) < 4.78 is 5.17. The zero-order valence-corrected chi connectivity index (χ0v) is 12.5. The molecule has 0 spiro atoms. The van der Waals surface area contributed by atoms with Gasteiger partial charge in [-0.05, 0) is 19.9 Å². The zero-order valence-electron chi connectivity index (χ0n) is 12.5. The van der Waals surface area contributed by atoms with Crippen LogP contribution in [0.15, 0.2) is 12.4 Å². The van der Waals surface area contributed by atoms with Gasteiger partial charge in [0, 0.05) is 26.2 Å². The molecule has 0 amide bonds. The van der Waals surface area contributed by atoms with Gasteiger partial charge in [0.05, 0.1) is 24.7 Å². The number of aromatic nitrogens is 2. The van der Waals surface area contributed by atoms with Gasteiger partial charge in [-0.25, -0.2) is 4.98 Å². The Morgan fingerprint density at radius 3 is 2.63 bits per heavy atom. The molecular formula is C14H26N4O. The molecule has 1 unspecified atom stereocenters. The van der Waals surface area contributed by atoms with E-state index in [1.807, 2.05) is 12.4 Å². The predicted octanol–water partition coefficient (Wildman–Crippen LogP) is 1.84. The highest BCUT2D eigenvalue weighted by atomic mass is 16.5. The van der Waals surface area contributed by atoms with Crippen molar-refractivity contribution in [1.29, 1.82) is 0 Å². The van der Waals surface area contributed by atoms with Crippen molar-refractivity contribution in [1.82, 2.24) is 15.3 Å². The van der Waals surface area contributed by atoms with Crippen molar-refractivity contribution in [2.45, 2.75) is 39.8 Å². The Labute approximate surface area is 116 Å². The first-order chi connectivity index (χ1) is 9.22. The molecule has 1 atom stereocenters. The van der Waals surface area contributed by atoms with E-state index in [2.05, 4.69) is 41.0 Å². The highest BCUT2D eigenvalue weighted by Crippen LogP contribution is 2.14. The number of hydrogen-bond donors (Lipinski definition) is 1. The smallest absolute Gasteiger partial charge is 0.147 e. The predicted molar refractivity (Wildman–Crippen MR) is 78.4 cm³/mol. The van der Waals surface area contributed by atoms with Gasteiger partial charge in [0.25, 0.3) is 0 Å². The van der Waals surface area contributed by atoms with Gasteiger partial charge in [-0.1, -0.05) is 13.8 Å². The summed E-state index contributed by atoms with van der Waals surface area (Å²) in [6, 6.07) is 0.434. The van der Waals surface area contributed by atoms with E-state index < -0.39 is 0 Å². The first-order valence-electron chi connectivity index (χ1n) is 7.00. The van der Waals surface area contributed by atoms with Gasteiger partial charge in [-0.3, -0.25) is 4.98 Å². The molecule has 1 aromatic heterocycles. The summed E-state index contributed by atoms with van der Waals surface area (Å²) in [5.74, 6) is 0.923. The second kappa shape index (κ2) is 8.82. The molecule has 0 bridgehead atoms. The van der Waals surface area contributed by atoms with Crippen LogP contribution in [-0.2, 0) is 11.3 Å². The molecule has 1 rings (SSSR count). The average molecular weight is 266 g/mol. The van der Waals surface area contributed by atoms with Crippen LogP contribution in [0.25, 0.3) is 0 Å². The van der Waals surface area contributed by atoms with Gasteiger partial charge in [0.2, 0.25) is 0 Å². The normalized spacial score (nSPS) is 12.4. The lowest BCUT2D eigenvalue weighted by Gasteiger charge is -2.29. The van der Waals surface area contributed by atoms with Gasteiger partial charge >= 0.3 is 0 Å². The molecule has 19 heavy (non-hydrogen) atoms. The Kier molecular flexibility index (Phi) is 7.36. The van der Waals surface area contributed by atoms with Crippen LogP contribution in [0.5, 0.6) is 0 Å². The van der Waals surface area contributed by atoms with Gasteiger partial charge in [0.15, 0.2) is 0 Å². The number of anilines is 1. The summed E-state index contributed by atoms with van der Waals surface area (Å²) in [4.78, 5) is 11.2. The monoisotopic (exact) mass is 266 g/mol. The molecule has 0 saturated heterocycles. The molecule has 0 radical (unpaired) electrons. The van der Waals surface area contributed by atoms with E-state index in [0.717, 1.165) is 37.6 Å². The summed E-state index contributed by atoms with van der Waals surface area (Å²) in [7, 11) is 1.72. The van der Waals surface area contributed by atoms with Crippen LogP contribution in [0.2, 0.25) is 0 Å². The number of methoxy groups -OCH3 is 1. The van der Waals surface area contributed by atoms with Crippen molar-refractivity contribution in [2.75, 3.05) is 31.7 Å². The van der Waals surface area contributed by atoms with Gasteiger partial charge < -0.3 is 15.0 Å². The topological polar surface area (TPSA) is 50.3 Å². The van der Waals surface area contributed by atoms with E-state index >= 15 is 0 Å². The maximum absolute atomic E-state index is 5.17. The van der Waals surface area contributed by atoms with Crippen LogP contribution >= 0.6 is 0 Å². The minimum absolute atomic E-state index is 0.434. The summed E-state index contributed by atoms with van der Waals surface area (Å²) >= 11 is 0. The van der Waals surface area contributed by atoms with Crippen LogP contribution in [0, 0.1) is 0 Å². The first kappa shape index (κ1) is 15.9. The summed E-state index contributed by atoms with van der Waals surface area (Å²) in [5, 5.41) is 3.25. The van der Waals surface area contributed by atoms with E-state index in [4.69, 9.17) is 4.74 Å². The zero-order chi connectivity index (χ0) is 14.1. The quantitative estimate of drug-likeness (QED) is 0.739. The molecule has 0 aromatic carbocycles. The molecule has 1 heterocycles. The fraction of sp³-hybridized carbons (Fsp3) is 0.714. The van der Waals surface area contributed by atoms with Crippen molar-refractivity contribution in [3.8, 4) is 0 Å². The maximum atomic E-state index is 5.17. The number of nitrogens with one attached hydrogen (secondary N) is 1. The molecule has 0 fully saturated rings. The van der Waals surface area contributed by atoms with E-state index in [1.165, 1.54) is 0 Å². The number of ether oxygens (including phenoxy) is 1. The Morgan fingerprint density at radius 2 is 2.11 bits per heavy atom. The standard InChI is InChI=1S/C14H26N4O/c1-5-12(3)18(7-8-19-4)14-11-16-13(10-17-14)9-15-6-2/h10-12,15H,5-9H2,1-4H3. The molecule has 1 N–H and O–H groups in total. The lowest BCUT2D eigenvalue weighted by molar-refractivity contribution is 0.203. The molecule has 0 aliphatic rings. The summed E-state index contributed by atoms with van der Waals surface area (Å²) in [6.07, 6.45) is 4.78. The lowest BCUT2D eigenvalue weighted by Crippen LogP contribution is -2.36. The van der Waals surface area contributed by atoms with Crippen molar-refractivity contribution >= 4 is 5.82 Å². The van der Waals surface area contributed by atoms with Gasteiger partial charge in [-0.15, -0.1) is 0 Å². The fourth-order valence-corrected chi connectivity index (χ4v) is 1.81. The SMILES string of the molecule is CCNCc1cnc(N(CCOC)C(C)CC)cn1. The molecule has 5 heteroatoms. The number of hydrogen-bond acceptors (Lipinski definition) is 5. The molecule has 1 aromatic rings. The highest BCUT2D eigenvalue weighted by Gasteiger charge is 2.14. The molecule has 0 aliphatic heterocycles. The minimum Gasteiger partial charge on any atom is -0.383 e. The third-order valence-corrected chi connectivity index (χ3v) is 3.20. The molecule has 108 valence electrons. The summed E-state index contributed by atoms with van der Waals surface area (Å²) in [5.41, 5.74) is 0.974.